The Hall–Kier alpha value is -2.84. The maximum absolute atomic E-state index is 13.1. The molecule has 504 valence electrons. The lowest BCUT2D eigenvalue weighted by atomic mass is 10.0. The SMILES string of the molecule is CC/C=C\C/C=C\C/C=C\C/C=C\C/C=C\C/C=C\C/C=C\CCCCCCCCCCCCCCCCCCCC(=O)NC(COP(=O)(O)OCC[N+](C)(C)C)C(O)/C=C/CC/C=C/CCCCCCCCCCCCCCCCCCCCCC. The van der Waals surface area contributed by atoms with E-state index in [0.29, 0.717) is 17.4 Å². The van der Waals surface area contributed by atoms with Gasteiger partial charge in [-0.15, -0.1) is 0 Å². The van der Waals surface area contributed by atoms with Crippen LogP contribution in [-0.4, -0.2) is 73.4 Å². The lowest BCUT2D eigenvalue weighted by Gasteiger charge is -2.25. The number of unbranched alkanes of at least 4 members (excludes halogenated alkanes) is 38. The number of allylic oxidation sites excluding steroid dienone is 17. The third-order valence-corrected chi connectivity index (χ3v) is 17.2. The van der Waals surface area contributed by atoms with E-state index < -0.39 is 20.0 Å². The molecule has 0 aliphatic carbocycles. The molecule has 0 saturated carbocycles. The molecule has 87 heavy (non-hydrogen) atoms. The number of nitrogens with zero attached hydrogens (tertiary/aromatic N) is 1. The molecule has 0 heterocycles. The standard InChI is InChI=1S/C78H141N2O6P/c1-6-8-10-12-14-16-18-20-22-24-26-28-30-32-34-35-36-37-38-39-40-41-42-43-44-45-46-48-50-52-54-56-58-60-62-64-66-68-70-72-78(82)79-76(75-86-87(83,84)85-74-73-80(3,4)5)77(81)71-69-67-65-63-61-59-57-55-53-51-49-47-33-31-29-27-25-23-21-19-17-15-13-11-9-7-2/h8,10,14,16,20,22,26,28,32,34,36-37,39-40,61,63,69,71,76-77,81H,6-7,9,11-13,15,17-19,21,23-25,27,29-31,33,35,38,41-60,62,64-68,70,72-75H2,1-5H3,(H-,79,82,83,84)/p+1/b10-8-,16-14-,22-20-,28-26-,34-32-,37-36-,40-39-,63-61+,71-69+. The normalized spacial score (nSPS) is 14.2. The number of hydrogen-bond acceptors (Lipinski definition) is 5. The van der Waals surface area contributed by atoms with Crippen LogP contribution in [0.15, 0.2) is 109 Å². The van der Waals surface area contributed by atoms with Crippen molar-refractivity contribution in [2.75, 3.05) is 40.9 Å². The molecule has 0 saturated heterocycles. The van der Waals surface area contributed by atoms with Gasteiger partial charge in [0.2, 0.25) is 5.91 Å². The predicted octanol–water partition coefficient (Wildman–Crippen LogP) is 23.8. The molecule has 0 aromatic carbocycles. The van der Waals surface area contributed by atoms with Crippen molar-refractivity contribution in [1.82, 2.24) is 5.32 Å². The second-order valence-electron chi connectivity index (χ2n) is 25.9. The van der Waals surface area contributed by atoms with Crippen molar-refractivity contribution in [2.24, 2.45) is 0 Å². The second-order valence-corrected chi connectivity index (χ2v) is 27.4. The van der Waals surface area contributed by atoms with E-state index in [9.17, 15) is 19.4 Å². The number of hydrogen-bond donors (Lipinski definition) is 3. The summed E-state index contributed by atoms with van der Waals surface area (Å²) in [6.07, 6.45) is 99.7. The molecule has 9 heteroatoms. The van der Waals surface area contributed by atoms with Gasteiger partial charge in [-0.25, -0.2) is 4.57 Å². The molecule has 0 bridgehead atoms. The number of rotatable bonds is 67. The molecule has 0 aromatic rings. The van der Waals surface area contributed by atoms with E-state index in [-0.39, 0.29) is 19.1 Å². The number of quaternary nitrogens is 1. The summed E-state index contributed by atoms with van der Waals surface area (Å²) < 4.78 is 23.8. The summed E-state index contributed by atoms with van der Waals surface area (Å²) in [5, 5.41) is 14.0. The molecule has 0 aliphatic heterocycles. The van der Waals surface area contributed by atoms with E-state index in [0.717, 1.165) is 83.5 Å². The number of aliphatic hydroxyl groups is 1. The zero-order valence-electron chi connectivity index (χ0n) is 57.7. The number of phosphoric ester groups is 1. The van der Waals surface area contributed by atoms with Crippen LogP contribution < -0.4 is 5.32 Å². The highest BCUT2D eigenvalue weighted by Gasteiger charge is 2.28. The molecular formula is C78H142N2O6P+. The number of aliphatic hydroxyl groups excluding tert-OH is 1. The lowest BCUT2D eigenvalue weighted by molar-refractivity contribution is -0.870. The first-order valence-electron chi connectivity index (χ1n) is 36.8. The minimum Gasteiger partial charge on any atom is -0.387 e. The first-order valence-corrected chi connectivity index (χ1v) is 38.3. The van der Waals surface area contributed by atoms with Crippen LogP contribution in [0.1, 0.15) is 328 Å². The van der Waals surface area contributed by atoms with Crippen LogP contribution in [0, 0.1) is 0 Å². The van der Waals surface area contributed by atoms with Crippen molar-refractivity contribution in [1.29, 1.82) is 0 Å². The predicted molar refractivity (Wildman–Crippen MR) is 382 cm³/mol. The highest BCUT2D eigenvalue weighted by molar-refractivity contribution is 7.47. The van der Waals surface area contributed by atoms with Crippen molar-refractivity contribution in [3.63, 3.8) is 0 Å². The van der Waals surface area contributed by atoms with Crippen LogP contribution in [0.25, 0.3) is 0 Å². The third kappa shape index (κ3) is 70.5. The first-order chi connectivity index (χ1) is 42.5. The van der Waals surface area contributed by atoms with Gasteiger partial charge in [-0.1, -0.05) is 342 Å². The topological polar surface area (TPSA) is 105 Å². The van der Waals surface area contributed by atoms with Crippen LogP contribution in [-0.2, 0) is 18.4 Å². The average Bonchev–Trinajstić information content (AvgIpc) is 3.69. The fraction of sp³-hybridized carbons (Fsp3) is 0.756. The van der Waals surface area contributed by atoms with Gasteiger partial charge in [-0.2, -0.15) is 0 Å². The van der Waals surface area contributed by atoms with Crippen LogP contribution in [0.5, 0.6) is 0 Å². The van der Waals surface area contributed by atoms with Crippen molar-refractivity contribution < 1.29 is 32.9 Å². The maximum Gasteiger partial charge on any atom is 0.472 e. The number of carbonyl (C=O) groups excluding carboxylic acids is 1. The van der Waals surface area contributed by atoms with Gasteiger partial charge in [0.05, 0.1) is 39.9 Å². The Bertz CT molecular complexity index is 1790. The van der Waals surface area contributed by atoms with Crippen molar-refractivity contribution >= 4 is 13.7 Å². The summed E-state index contributed by atoms with van der Waals surface area (Å²) in [6.45, 7) is 4.71. The lowest BCUT2D eigenvalue weighted by Crippen LogP contribution is -2.45. The highest BCUT2D eigenvalue weighted by Crippen LogP contribution is 2.43. The van der Waals surface area contributed by atoms with Gasteiger partial charge >= 0.3 is 7.82 Å². The summed E-state index contributed by atoms with van der Waals surface area (Å²) in [7, 11) is 1.56. The van der Waals surface area contributed by atoms with Gasteiger partial charge in [-0.05, 0) is 89.9 Å². The van der Waals surface area contributed by atoms with Crippen molar-refractivity contribution in [2.45, 2.75) is 341 Å². The van der Waals surface area contributed by atoms with E-state index >= 15 is 0 Å². The van der Waals surface area contributed by atoms with Crippen LogP contribution >= 0.6 is 7.82 Å². The molecule has 1 amide bonds. The molecule has 3 unspecified atom stereocenters. The van der Waals surface area contributed by atoms with E-state index in [1.54, 1.807) is 6.08 Å². The Labute approximate surface area is 540 Å². The molecule has 0 aromatic heterocycles. The highest BCUT2D eigenvalue weighted by atomic mass is 31.2. The maximum atomic E-state index is 13.1. The zero-order valence-corrected chi connectivity index (χ0v) is 58.6. The monoisotopic (exact) mass is 1230 g/mol. The molecule has 0 radical (unpaired) electrons. The third-order valence-electron chi connectivity index (χ3n) is 16.2. The van der Waals surface area contributed by atoms with Gasteiger partial charge in [0.1, 0.15) is 13.2 Å². The quantitative estimate of drug-likeness (QED) is 0.0243. The fourth-order valence-corrected chi connectivity index (χ4v) is 11.3. The number of nitrogens with one attached hydrogen (secondary N) is 1. The molecule has 3 atom stereocenters. The van der Waals surface area contributed by atoms with Gasteiger partial charge in [0.15, 0.2) is 0 Å². The van der Waals surface area contributed by atoms with E-state index in [1.807, 2.05) is 27.2 Å². The van der Waals surface area contributed by atoms with E-state index in [4.69, 9.17) is 9.05 Å². The summed E-state index contributed by atoms with van der Waals surface area (Å²) in [5.41, 5.74) is 0. The zero-order chi connectivity index (χ0) is 63.4. The summed E-state index contributed by atoms with van der Waals surface area (Å²) in [5.74, 6) is -0.185. The Morgan fingerprint density at radius 1 is 0.402 bits per heavy atom. The minimum atomic E-state index is -4.37. The minimum absolute atomic E-state index is 0.0538. The summed E-state index contributed by atoms with van der Waals surface area (Å²) >= 11 is 0. The number of phosphoric acid groups is 1. The van der Waals surface area contributed by atoms with Gasteiger partial charge in [0.25, 0.3) is 0 Å². The number of likely N-dealkylation sites (N-methyl/N-ethyl adjacent to an activating group) is 1. The largest absolute Gasteiger partial charge is 0.472 e. The van der Waals surface area contributed by atoms with Crippen LogP contribution in [0.3, 0.4) is 0 Å². The first kappa shape index (κ1) is 84.2. The average molecular weight is 1230 g/mol. The molecule has 0 rings (SSSR count). The fourth-order valence-electron chi connectivity index (χ4n) is 10.6. The smallest absolute Gasteiger partial charge is 0.387 e. The Morgan fingerprint density at radius 3 is 1.06 bits per heavy atom. The Balaban J connectivity index is 4.06. The number of carbonyl (C=O) groups is 1. The Kier molecular flexibility index (Phi) is 65.3. The summed E-state index contributed by atoms with van der Waals surface area (Å²) in [6, 6.07) is -0.870. The number of amides is 1. The summed E-state index contributed by atoms with van der Waals surface area (Å²) in [4.78, 5) is 23.4. The molecule has 0 aliphatic rings. The van der Waals surface area contributed by atoms with Gasteiger partial charge in [-0.3, -0.25) is 13.8 Å². The van der Waals surface area contributed by atoms with Crippen LogP contribution in [0.4, 0.5) is 0 Å². The molecule has 0 spiro atoms. The van der Waals surface area contributed by atoms with Crippen molar-refractivity contribution in [3.05, 3.63) is 109 Å². The van der Waals surface area contributed by atoms with Gasteiger partial charge in [0, 0.05) is 6.42 Å². The van der Waals surface area contributed by atoms with E-state index in [1.165, 1.54) is 225 Å². The second kappa shape index (κ2) is 67.6. The molecule has 8 nitrogen and oxygen atoms in total. The van der Waals surface area contributed by atoms with Crippen LogP contribution in [0.2, 0.25) is 0 Å². The van der Waals surface area contributed by atoms with Gasteiger partial charge < -0.3 is 19.8 Å². The van der Waals surface area contributed by atoms with Crippen molar-refractivity contribution in [3.8, 4) is 0 Å². The molecular weight excluding hydrogens is 1090 g/mol. The Morgan fingerprint density at radius 2 is 0.701 bits per heavy atom. The molecule has 0 fully saturated rings. The molecule has 3 N–H and O–H groups in total. The van der Waals surface area contributed by atoms with E-state index in [2.05, 4.69) is 116 Å².